The summed E-state index contributed by atoms with van der Waals surface area (Å²) in [5.41, 5.74) is 2.09. The van der Waals surface area contributed by atoms with Gasteiger partial charge in [-0.15, -0.1) is 12.4 Å². The number of nitrogens with one attached hydrogen (secondary N) is 2. The number of carbonyl (C=O) groups excluding carboxylic acids is 1. The lowest BCUT2D eigenvalue weighted by molar-refractivity contribution is -0.123. The van der Waals surface area contributed by atoms with Gasteiger partial charge < -0.3 is 10.6 Å². The zero-order chi connectivity index (χ0) is 17.6. The fourth-order valence-electron chi connectivity index (χ4n) is 3.17. The Labute approximate surface area is 166 Å². The summed E-state index contributed by atoms with van der Waals surface area (Å²) in [6.45, 7) is 5.31. The minimum atomic E-state index is -0.177. The Morgan fingerprint density at radius 1 is 1.19 bits per heavy atom. The predicted octanol–water partition coefficient (Wildman–Crippen LogP) is 3.26. The van der Waals surface area contributed by atoms with E-state index in [1.165, 1.54) is 0 Å². The maximum absolute atomic E-state index is 12.7. The highest BCUT2D eigenvalue weighted by Gasteiger charge is 2.22. The van der Waals surface area contributed by atoms with Crippen LogP contribution in [0.3, 0.4) is 0 Å². The van der Waals surface area contributed by atoms with E-state index in [-0.39, 0.29) is 24.4 Å². The van der Waals surface area contributed by atoms with Gasteiger partial charge in [0.25, 0.3) is 0 Å². The fraction of sp³-hybridized carbons (Fsp3) is 0.350. The minimum absolute atomic E-state index is 0. The highest BCUT2D eigenvalue weighted by molar-refractivity contribution is 6.30. The first kappa shape index (κ1) is 20.7. The molecule has 0 saturated carbocycles. The molecule has 140 valence electrons. The van der Waals surface area contributed by atoms with Crippen LogP contribution in [0.15, 0.2) is 54.6 Å². The third-order valence-electron chi connectivity index (χ3n) is 4.63. The average Bonchev–Trinajstić information content (AvgIpc) is 2.63. The minimum Gasteiger partial charge on any atom is -0.344 e. The highest BCUT2D eigenvalue weighted by atomic mass is 35.5. The van der Waals surface area contributed by atoms with Gasteiger partial charge >= 0.3 is 0 Å². The van der Waals surface area contributed by atoms with Gasteiger partial charge in [0.2, 0.25) is 5.91 Å². The Hall–Kier alpha value is -1.59. The number of benzene rings is 2. The summed E-state index contributed by atoms with van der Waals surface area (Å²) >= 11 is 6.01. The van der Waals surface area contributed by atoms with Crippen molar-refractivity contribution in [2.75, 3.05) is 26.2 Å². The fourth-order valence-corrected chi connectivity index (χ4v) is 3.29. The van der Waals surface area contributed by atoms with E-state index in [1.54, 1.807) is 0 Å². The Bertz CT molecular complexity index is 694. The second kappa shape index (κ2) is 9.93. The van der Waals surface area contributed by atoms with E-state index in [2.05, 4.69) is 22.5 Å². The molecule has 1 aliphatic rings. The Kier molecular flexibility index (Phi) is 7.91. The van der Waals surface area contributed by atoms with Crippen LogP contribution in [0.4, 0.5) is 0 Å². The molecule has 0 spiro atoms. The van der Waals surface area contributed by atoms with Crippen molar-refractivity contribution >= 4 is 29.9 Å². The quantitative estimate of drug-likeness (QED) is 0.818. The lowest BCUT2D eigenvalue weighted by Crippen LogP contribution is -2.53. The first-order chi connectivity index (χ1) is 12.1. The van der Waals surface area contributed by atoms with Gasteiger partial charge in [0.1, 0.15) is 0 Å². The standard InChI is InChI=1S/C20H24ClN3O.ClH/c1-15-13-22-11-12-24(15)14-19(25)23-20(16-5-3-2-4-6-16)17-7-9-18(21)10-8-17;/h2-10,15,20,22H,11-14H2,1H3,(H,23,25);1H/t15-,20?;/m1./s1. The van der Waals surface area contributed by atoms with E-state index >= 15 is 0 Å². The van der Waals surface area contributed by atoms with Crippen LogP contribution >= 0.6 is 24.0 Å². The van der Waals surface area contributed by atoms with Crippen molar-refractivity contribution in [3.05, 3.63) is 70.7 Å². The number of carbonyl (C=O) groups is 1. The van der Waals surface area contributed by atoms with Crippen LogP contribution in [0, 0.1) is 0 Å². The summed E-state index contributed by atoms with van der Waals surface area (Å²) in [4.78, 5) is 14.9. The second-order valence-electron chi connectivity index (χ2n) is 6.49. The molecule has 3 rings (SSSR count). The molecule has 2 atom stereocenters. The van der Waals surface area contributed by atoms with Gasteiger partial charge in [-0.25, -0.2) is 0 Å². The maximum atomic E-state index is 12.7. The molecule has 2 N–H and O–H groups in total. The molecule has 1 amide bonds. The Morgan fingerprint density at radius 2 is 1.85 bits per heavy atom. The van der Waals surface area contributed by atoms with Crippen molar-refractivity contribution in [1.82, 2.24) is 15.5 Å². The van der Waals surface area contributed by atoms with Crippen LogP contribution in [0.2, 0.25) is 5.02 Å². The third kappa shape index (κ3) is 5.45. The van der Waals surface area contributed by atoms with Crippen molar-refractivity contribution in [1.29, 1.82) is 0 Å². The van der Waals surface area contributed by atoms with Crippen molar-refractivity contribution in [3.63, 3.8) is 0 Å². The summed E-state index contributed by atoms with van der Waals surface area (Å²) in [6, 6.07) is 17.9. The van der Waals surface area contributed by atoms with Crippen LogP contribution in [0.5, 0.6) is 0 Å². The Morgan fingerprint density at radius 3 is 2.50 bits per heavy atom. The number of halogens is 2. The van der Waals surface area contributed by atoms with E-state index in [1.807, 2.05) is 54.6 Å². The zero-order valence-corrected chi connectivity index (χ0v) is 16.4. The molecule has 26 heavy (non-hydrogen) atoms. The molecule has 0 aliphatic carbocycles. The van der Waals surface area contributed by atoms with E-state index in [9.17, 15) is 4.79 Å². The van der Waals surface area contributed by atoms with E-state index < -0.39 is 0 Å². The molecule has 1 aliphatic heterocycles. The van der Waals surface area contributed by atoms with Gasteiger partial charge in [0.15, 0.2) is 0 Å². The SMILES string of the molecule is C[C@@H]1CNCCN1CC(=O)NC(c1ccccc1)c1ccc(Cl)cc1.Cl. The van der Waals surface area contributed by atoms with Crippen LogP contribution < -0.4 is 10.6 Å². The monoisotopic (exact) mass is 393 g/mol. The largest absolute Gasteiger partial charge is 0.344 e. The molecule has 0 aromatic heterocycles. The van der Waals surface area contributed by atoms with Crippen molar-refractivity contribution < 1.29 is 4.79 Å². The van der Waals surface area contributed by atoms with Gasteiger partial charge in [-0.05, 0) is 30.2 Å². The van der Waals surface area contributed by atoms with Crippen molar-refractivity contribution in [3.8, 4) is 0 Å². The molecule has 0 bridgehead atoms. The van der Waals surface area contributed by atoms with Gasteiger partial charge in [-0.2, -0.15) is 0 Å². The van der Waals surface area contributed by atoms with Crippen molar-refractivity contribution in [2.45, 2.75) is 19.0 Å². The molecular weight excluding hydrogens is 369 g/mol. The van der Waals surface area contributed by atoms with E-state index in [0.717, 1.165) is 30.8 Å². The van der Waals surface area contributed by atoms with Gasteiger partial charge in [0.05, 0.1) is 12.6 Å². The molecule has 2 aromatic rings. The zero-order valence-electron chi connectivity index (χ0n) is 14.8. The number of rotatable bonds is 5. The number of piperazine rings is 1. The van der Waals surface area contributed by atoms with Gasteiger partial charge in [-0.3, -0.25) is 9.69 Å². The van der Waals surface area contributed by atoms with E-state index in [4.69, 9.17) is 11.6 Å². The maximum Gasteiger partial charge on any atom is 0.234 e. The van der Waals surface area contributed by atoms with Crippen molar-refractivity contribution in [2.24, 2.45) is 0 Å². The van der Waals surface area contributed by atoms with Gasteiger partial charge in [0, 0.05) is 30.7 Å². The molecule has 1 saturated heterocycles. The highest BCUT2D eigenvalue weighted by Crippen LogP contribution is 2.23. The number of nitrogens with zero attached hydrogens (tertiary/aromatic N) is 1. The molecular formula is C20H25Cl2N3O. The van der Waals surface area contributed by atoms with Crippen LogP contribution in [-0.2, 0) is 4.79 Å². The number of amides is 1. The van der Waals surface area contributed by atoms with Crippen LogP contribution in [0.25, 0.3) is 0 Å². The summed E-state index contributed by atoms with van der Waals surface area (Å²) in [5.74, 6) is 0.0394. The molecule has 1 heterocycles. The predicted molar refractivity (Wildman–Crippen MR) is 109 cm³/mol. The number of hydrogen-bond donors (Lipinski definition) is 2. The molecule has 1 unspecified atom stereocenters. The van der Waals surface area contributed by atoms with Gasteiger partial charge in [-0.1, -0.05) is 54.1 Å². The third-order valence-corrected chi connectivity index (χ3v) is 4.88. The lowest BCUT2D eigenvalue weighted by Gasteiger charge is -2.33. The molecule has 6 heteroatoms. The second-order valence-corrected chi connectivity index (χ2v) is 6.92. The normalized spacial score (nSPS) is 18.6. The molecule has 2 aromatic carbocycles. The summed E-state index contributed by atoms with van der Waals surface area (Å²) < 4.78 is 0. The summed E-state index contributed by atoms with van der Waals surface area (Å²) in [5, 5.41) is 7.23. The summed E-state index contributed by atoms with van der Waals surface area (Å²) in [6.07, 6.45) is 0. The summed E-state index contributed by atoms with van der Waals surface area (Å²) in [7, 11) is 0. The van der Waals surface area contributed by atoms with E-state index in [0.29, 0.717) is 17.6 Å². The Balaban J connectivity index is 0.00000243. The smallest absolute Gasteiger partial charge is 0.234 e. The first-order valence-corrected chi connectivity index (χ1v) is 9.06. The lowest BCUT2D eigenvalue weighted by atomic mass is 9.98. The van der Waals surface area contributed by atoms with Crippen LogP contribution in [-0.4, -0.2) is 43.0 Å². The molecule has 0 radical (unpaired) electrons. The molecule has 4 nitrogen and oxygen atoms in total. The first-order valence-electron chi connectivity index (χ1n) is 8.68. The average molecular weight is 394 g/mol. The number of hydrogen-bond acceptors (Lipinski definition) is 3. The topological polar surface area (TPSA) is 44.4 Å². The van der Waals surface area contributed by atoms with Crippen LogP contribution in [0.1, 0.15) is 24.1 Å². The molecule has 1 fully saturated rings.